The number of carbonyl (C=O) groups is 3. The largest absolute Gasteiger partial charge is 0.548 e. The normalized spacial score (nSPS) is 13.1. The summed E-state index contributed by atoms with van der Waals surface area (Å²) >= 11 is 0. The third-order valence-electron chi connectivity index (χ3n) is 1.53. The van der Waals surface area contributed by atoms with Crippen LogP contribution in [0.5, 0.6) is 0 Å². The van der Waals surface area contributed by atoms with Crippen molar-refractivity contribution in [3.05, 3.63) is 0 Å². The van der Waals surface area contributed by atoms with Gasteiger partial charge in [0.05, 0.1) is 12.0 Å². The maximum absolute atomic E-state index is 11.9. The van der Waals surface area contributed by atoms with Crippen LogP contribution in [0.3, 0.4) is 0 Å². The van der Waals surface area contributed by atoms with Crippen molar-refractivity contribution in [1.29, 1.82) is 0 Å². The number of carboxylic acid groups (broad SMARTS) is 1. The molecule has 0 aliphatic heterocycles. The second-order valence-electron chi connectivity index (χ2n) is 2.69. The van der Waals surface area contributed by atoms with Crippen LogP contribution in [-0.2, 0) is 14.4 Å². The third kappa shape index (κ3) is 3.22. The van der Waals surface area contributed by atoms with Crippen molar-refractivity contribution in [2.75, 3.05) is 0 Å². The van der Waals surface area contributed by atoms with E-state index in [1.54, 1.807) is 0 Å². The molecule has 0 aromatic rings. The highest BCUT2D eigenvalue weighted by Gasteiger charge is 2.45. The number of aliphatic carboxylic acids is 1. The van der Waals surface area contributed by atoms with Gasteiger partial charge in [0.2, 0.25) is 5.91 Å². The van der Waals surface area contributed by atoms with Crippen molar-refractivity contribution in [1.82, 2.24) is 4.90 Å². The molecule has 0 spiro atoms. The van der Waals surface area contributed by atoms with E-state index in [0.717, 1.165) is 6.92 Å². The number of halogens is 3. The standard InChI is InChI=1S/C7H8F3NO4/c1-3(5(13)14)11(4(2)12)6(15)7(8,9)10/h3H,1-2H3,(H,13,14)/p-1. The number of amides is 2. The second kappa shape index (κ2) is 4.28. The van der Waals surface area contributed by atoms with E-state index in [4.69, 9.17) is 0 Å². The lowest BCUT2D eigenvalue weighted by Crippen LogP contribution is -2.54. The van der Waals surface area contributed by atoms with Crippen molar-refractivity contribution in [3.8, 4) is 0 Å². The molecular formula is C7H7F3NO4-. The van der Waals surface area contributed by atoms with Crippen LogP contribution >= 0.6 is 0 Å². The van der Waals surface area contributed by atoms with Crippen molar-refractivity contribution in [2.24, 2.45) is 0 Å². The molecule has 0 radical (unpaired) electrons. The molecule has 5 nitrogen and oxygen atoms in total. The molecule has 0 saturated carbocycles. The minimum Gasteiger partial charge on any atom is -0.548 e. The van der Waals surface area contributed by atoms with Gasteiger partial charge in [0, 0.05) is 6.92 Å². The van der Waals surface area contributed by atoms with Gasteiger partial charge in [-0.1, -0.05) is 0 Å². The first-order valence-corrected chi connectivity index (χ1v) is 3.70. The first-order valence-electron chi connectivity index (χ1n) is 3.70. The minimum atomic E-state index is -5.30. The predicted molar refractivity (Wildman–Crippen MR) is 38.1 cm³/mol. The molecule has 0 N–H and O–H groups in total. The minimum absolute atomic E-state index is 0.407. The Hall–Kier alpha value is -1.60. The van der Waals surface area contributed by atoms with Crippen LogP contribution in [-0.4, -0.2) is 34.9 Å². The van der Waals surface area contributed by atoms with Crippen LogP contribution in [0, 0.1) is 0 Å². The Labute approximate surface area is 82.5 Å². The predicted octanol–water partition coefficient (Wildman–Crippen LogP) is -0.938. The molecule has 0 bridgehead atoms. The number of imide groups is 1. The molecule has 1 atom stereocenters. The lowest BCUT2D eigenvalue weighted by molar-refractivity contribution is -0.310. The van der Waals surface area contributed by atoms with Crippen molar-refractivity contribution in [2.45, 2.75) is 26.1 Å². The van der Waals surface area contributed by atoms with Crippen LogP contribution < -0.4 is 5.11 Å². The number of rotatable bonds is 2. The summed E-state index contributed by atoms with van der Waals surface area (Å²) in [6.45, 7) is 1.41. The number of hydrogen-bond acceptors (Lipinski definition) is 4. The zero-order valence-corrected chi connectivity index (χ0v) is 7.79. The SMILES string of the molecule is CC(=O)N(C(=O)C(F)(F)F)C(C)C(=O)[O-]. The Morgan fingerprint density at radius 2 is 1.67 bits per heavy atom. The van der Waals surface area contributed by atoms with Gasteiger partial charge in [-0.25, -0.2) is 0 Å². The number of alkyl halides is 3. The molecule has 0 aliphatic rings. The first-order chi connectivity index (χ1) is 6.59. The molecule has 2 amide bonds. The molecule has 15 heavy (non-hydrogen) atoms. The van der Waals surface area contributed by atoms with Crippen molar-refractivity contribution < 1.29 is 32.7 Å². The smallest absolute Gasteiger partial charge is 0.471 e. The summed E-state index contributed by atoms with van der Waals surface area (Å²) in [5.41, 5.74) is 0. The van der Waals surface area contributed by atoms with E-state index in [1.165, 1.54) is 0 Å². The van der Waals surface area contributed by atoms with Gasteiger partial charge in [0.25, 0.3) is 0 Å². The topological polar surface area (TPSA) is 77.5 Å². The highest BCUT2D eigenvalue weighted by Crippen LogP contribution is 2.20. The molecule has 0 aliphatic carbocycles. The fraction of sp³-hybridized carbons (Fsp3) is 0.571. The van der Waals surface area contributed by atoms with E-state index in [0.29, 0.717) is 6.92 Å². The highest BCUT2D eigenvalue weighted by atomic mass is 19.4. The lowest BCUT2D eigenvalue weighted by atomic mass is 10.2. The molecule has 0 heterocycles. The van der Waals surface area contributed by atoms with Gasteiger partial charge in [-0.15, -0.1) is 0 Å². The fourth-order valence-corrected chi connectivity index (χ4v) is 0.834. The summed E-state index contributed by atoms with van der Waals surface area (Å²) in [5, 5.41) is 10.3. The van der Waals surface area contributed by atoms with Crippen LogP contribution in [0.2, 0.25) is 0 Å². The maximum Gasteiger partial charge on any atom is 0.471 e. The average molecular weight is 226 g/mol. The van der Waals surface area contributed by atoms with Gasteiger partial charge >= 0.3 is 12.1 Å². The van der Waals surface area contributed by atoms with E-state index < -0.39 is 34.9 Å². The summed E-state index contributed by atoms with van der Waals surface area (Å²) in [4.78, 5) is 31.2. The van der Waals surface area contributed by atoms with Crippen LogP contribution in [0.1, 0.15) is 13.8 Å². The quantitative estimate of drug-likeness (QED) is 0.609. The van der Waals surface area contributed by atoms with Crippen LogP contribution in [0.15, 0.2) is 0 Å². The Morgan fingerprint density at radius 1 is 1.27 bits per heavy atom. The summed E-state index contributed by atoms with van der Waals surface area (Å²) in [7, 11) is 0. The molecule has 86 valence electrons. The molecule has 0 saturated heterocycles. The van der Waals surface area contributed by atoms with Gasteiger partial charge in [0.15, 0.2) is 0 Å². The number of carbonyl (C=O) groups excluding carboxylic acids is 3. The second-order valence-corrected chi connectivity index (χ2v) is 2.69. The molecule has 0 fully saturated rings. The van der Waals surface area contributed by atoms with E-state index >= 15 is 0 Å². The van der Waals surface area contributed by atoms with Crippen molar-refractivity contribution >= 4 is 17.8 Å². The van der Waals surface area contributed by atoms with Gasteiger partial charge in [0.1, 0.15) is 0 Å². The van der Waals surface area contributed by atoms with Crippen LogP contribution in [0.4, 0.5) is 13.2 Å². The number of hydrogen-bond donors (Lipinski definition) is 0. The summed E-state index contributed by atoms with van der Waals surface area (Å²) in [6.07, 6.45) is -5.30. The van der Waals surface area contributed by atoms with E-state index in [1.807, 2.05) is 0 Å². The fourth-order valence-electron chi connectivity index (χ4n) is 0.834. The zero-order chi connectivity index (χ0) is 12.4. The Kier molecular flexibility index (Phi) is 3.83. The molecule has 0 aromatic carbocycles. The van der Waals surface area contributed by atoms with E-state index in [9.17, 15) is 32.7 Å². The first kappa shape index (κ1) is 13.4. The Balaban J connectivity index is 5.09. The third-order valence-corrected chi connectivity index (χ3v) is 1.53. The Bertz CT molecular complexity index is 299. The number of nitrogens with zero attached hydrogens (tertiary/aromatic N) is 1. The molecule has 0 aromatic heterocycles. The molecule has 0 rings (SSSR count). The monoisotopic (exact) mass is 226 g/mol. The van der Waals surface area contributed by atoms with E-state index in [-0.39, 0.29) is 0 Å². The summed E-state index contributed by atoms with van der Waals surface area (Å²) in [6, 6.07) is -1.96. The average Bonchev–Trinajstić information content (AvgIpc) is 2.01. The van der Waals surface area contributed by atoms with Gasteiger partial charge in [-0.2, -0.15) is 13.2 Å². The maximum atomic E-state index is 11.9. The van der Waals surface area contributed by atoms with Gasteiger partial charge in [-0.05, 0) is 6.92 Å². The summed E-state index contributed by atoms with van der Waals surface area (Å²) in [5.74, 6) is -5.77. The van der Waals surface area contributed by atoms with Crippen LogP contribution in [0.25, 0.3) is 0 Å². The Morgan fingerprint density at radius 3 is 1.87 bits per heavy atom. The zero-order valence-electron chi connectivity index (χ0n) is 7.79. The van der Waals surface area contributed by atoms with Gasteiger partial charge < -0.3 is 9.90 Å². The van der Waals surface area contributed by atoms with Crippen molar-refractivity contribution in [3.63, 3.8) is 0 Å². The highest BCUT2D eigenvalue weighted by molar-refractivity contribution is 6.00. The molecular weight excluding hydrogens is 219 g/mol. The number of carboxylic acids is 1. The molecule has 8 heteroatoms. The van der Waals surface area contributed by atoms with Gasteiger partial charge in [-0.3, -0.25) is 14.5 Å². The molecule has 1 unspecified atom stereocenters. The lowest BCUT2D eigenvalue weighted by Gasteiger charge is -2.27. The van der Waals surface area contributed by atoms with E-state index in [2.05, 4.69) is 0 Å². The summed E-state index contributed by atoms with van der Waals surface area (Å²) < 4.78 is 35.8.